The molecule has 4 N–H and O–H groups in total. The molecule has 0 fully saturated rings. The summed E-state index contributed by atoms with van der Waals surface area (Å²) in [7, 11) is 0. The van der Waals surface area contributed by atoms with Gasteiger partial charge < -0.3 is 11.5 Å². The third-order valence-electron chi connectivity index (χ3n) is 5.54. The van der Waals surface area contributed by atoms with E-state index in [2.05, 4.69) is 68.5 Å². The fourth-order valence-corrected chi connectivity index (χ4v) is 3.91. The summed E-state index contributed by atoms with van der Waals surface area (Å²) in [5, 5.41) is 4.82. The number of hydrogen-bond donors (Lipinski definition) is 2. The van der Waals surface area contributed by atoms with Gasteiger partial charge in [-0.05, 0) is 32.7 Å². The molecule has 0 unspecified atom stereocenters. The lowest BCUT2D eigenvalue weighted by Gasteiger charge is -2.05. The maximum absolute atomic E-state index is 5.50. The van der Waals surface area contributed by atoms with E-state index in [4.69, 9.17) is 11.5 Å². The number of hydrogen-bond acceptors (Lipinski definition) is 6. The Morgan fingerprint density at radius 3 is 1.18 bits per heavy atom. The van der Waals surface area contributed by atoms with Crippen LogP contribution in [0.3, 0.4) is 0 Å². The molecule has 34 heavy (non-hydrogen) atoms. The highest BCUT2D eigenvalue weighted by Crippen LogP contribution is 2.28. The molecule has 0 aliphatic carbocycles. The van der Waals surface area contributed by atoms with Crippen LogP contribution in [0.2, 0.25) is 0 Å². The Kier molecular flexibility index (Phi) is 5.78. The summed E-state index contributed by atoms with van der Waals surface area (Å²) < 4.78 is 0. The second-order valence-electron chi connectivity index (χ2n) is 7.71. The summed E-state index contributed by atoms with van der Waals surface area (Å²) in [5.41, 5.74) is 15.2. The summed E-state index contributed by atoms with van der Waals surface area (Å²) >= 11 is 0. The molecular formula is C28H22N6. The third-order valence-corrected chi connectivity index (χ3v) is 5.54. The molecule has 0 atom stereocenters. The van der Waals surface area contributed by atoms with Crippen molar-refractivity contribution in [2.45, 2.75) is 0 Å². The largest absolute Gasteiger partial charge is 0.368 e. The zero-order chi connectivity index (χ0) is 23.3. The topological polar surface area (TPSA) is 104 Å². The molecule has 6 aromatic rings. The lowest BCUT2D eigenvalue weighted by atomic mass is 10.0. The van der Waals surface area contributed by atoms with E-state index in [1.807, 2.05) is 36.4 Å². The van der Waals surface area contributed by atoms with E-state index in [0.29, 0.717) is 11.9 Å². The number of nitrogens with two attached hydrogens (primary N) is 2. The van der Waals surface area contributed by atoms with Crippen LogP contribution in [0.1, 0.15) is 0 Å². The summed E-state index contributed by atoms with van der Waals surface area (Å²) in [4.78, 5) is 16.1. The first-order valence-electron chi connectivity index (χ1n) is 10.8. The van der Waals surface area contributed by atoms with E-state index in [9.17, 15) is 0 Å². The second-order valence-corrected chi connectivity index (χ2v) is 7.71. The number of aromatic nitrogens is 4. The van der Waals surface area contributed by atoms with Gasteiger partial charge in [-0.3, -0.25) is 0 Å². The van der Waals surface area contributed by atoms with E-state index in [0.717, 1.165) is 22.3 Å². The van der Waals surface area contributed by atoms with Crippen LogP contribution in [0, 0.1) is 0 Å². The molecule has 0 aliphatic rings. The van der Waals surface area contributed by atoms with Crippen LogP contribution in [0.5, 0.6) is 0 Å². The molecule has 0 amide bonds. The molecule has 6 rings (SSSR count). The zero-order valence-corrected chi connectivity index (χ0v) is 18.3. The Morgan fingerprint density at radius 1 is 0.412 bits per heavy atom. The number of anilines is 2. The maximum Gasteiger partial charge on any atom is 0.219 e. The van der Waals surface area contributed by atoms with E-state index in [1.54, 1.807) is 24.8 Å². The Morgan fingerprint density at radius 2 is 0.765 bits per heavy atom. The van der Waals surface area contributed by atoms with Gasteiger partial charge in [-0.1, -0.05) is 84.9 Å². The molecule has 0 aliphatic heterocycles. The molecular weight excluding hydrogens is 420 g/mol. The highest BCUT2D eigenvalue weighted by Gasteiger charge is 2.04. The van der Waals surface area contributed by atoms with Crippen molar-refractivity contribution in [1.82, 2.24) is 19.9 Å². The van der Waals surface area contributed by atoms with Crippen molar-refractivity contribution in [3.8, 4) is 22.3 Å². The number of nitrogens with zero attached hydrogens (tertiary/aromatic N) is 4. The first-order chi connectivity index (χ1) is 16.7. The van der Waals surface area contributed by atoms with Crippen molar-refractivity contribution >= 4 is 33.4 Å². The summed E-state index contributed by atoms with van der Waals surface area (Å²) in [6.07, 6.45) is 7.02. The molecule has 0 saturated carbocycles. The molecule has 2 aromatic heterocycles. The van der Waals surface area contributed by atoms with Gasteiger partial charge in [-0.25, -0.2) is 19.9 Å². The number of nitrogen functional groups attached to an aromatic ring is 2. The van der Waals surface area contributed by atoms with Crippen LogP contribution < -0.4 is 11.5 Å². The van der Waals surface area contributed by atoms with Crippen molar-refractivity contribution in [1.29, 1.82) is 0 Å². The minimum Gasteiger partial charge on any atom is -0.368 e. The lowest BCUT2D eigenvalue weighted by Crippen LogP contribution is -1.93. The highest BCUT2D eigenvalue weighted by atomic mass is 15.0. The molecule has 164 valence electrons. The first-order valence-corrected chi connectivity index (χ1v) is 10.8. The van der Waals surface area contributed by atoms with E-state index in [-0.39, 0.29) is 0 Å². The lowest BCUT2D eigenvalue weighted by molar-refractivity contribution is 1.19. The molecule has 0 radical (unpaired) electrons. The Bertz CT molecular complexity index is 1430. The fraction of sp³-hybridized carbons (Fsp3) is 0. The third kappa shape index (κ3) is 4.38. The molecule has 6 nitrogen and oxygen atoms in total. The van der Waals surface area contributed by atoms with Gasteiger partial charge in [-0.2, -0.15) is 0 Å². The van der Waals surface area contributed by atoms with Gasteiger partial charge in [0.2, 0.25) is 11.9 Å². The smallest absolute Gasteiger partial charge is 0.219 e. The fourth-order valence-electron chi connectivity index (χ4n) is 3.91. The highest BCUT2D eigenvalue weighted by molar-refractivity contribution is 5.97. The standard InChI is InChI=1S/2C14H11N3/c2*15-14-16-8-11(9-17-14)13-7-3-5-10-4-1-2-6-12(10)13/h2*1-9H,(H2,15,16,17). The SMILES string of the molecule is Nc1ncc(-c2cccc3ccccc23)cn1.Nc1ncc(-c2cccc3ccccc23)cn1. The predicted octanol–water partition coefficient (Wildman–Crippen LogP) is 5.76. The number of benzene rings is 4. The average molecular weight is 443 g/mol. The summed E-state index contributed by atoms with van der Waals surface area (Å²) in [6, 6.07) is 28.9. The minimum atomic E-state index is 0.300. The zero-order valence-electron chi connectivity index (χ0n) is 18.3. The second kappa shape index (κ2) is 9.34. The minimum absolute atomic E-state index is 0.300. The van der Waals surface area contributed by atoms with Crippen molar-refractivity contribution in [3.63, 3.8) is 0 Å². The van der Waals surface area contributed by atoms with Crippen LogP contribution in [0.25, 0.3) is 43.8 Å². The maximum atomic E-state index is 5.50. The van der Waals surface area contributed by atoms with E-state index < -0.39 is 0 Å². The van der Waals surface area contributed by atoms with Gasteiger partial charge in [0.05, 0.1) is 0 Å². The monoisotopic (exact) mass is 442 g/mol. The Balaban J connectivity index is 0.000000142. The van der Waals surface area contributed by atoms with Crippen molar-refractivity contribution in [2.75, 3.05) is 11.5 Å². The molecule has 2 heterocycles. The molecule has 0 saturated heterocycles. The van der Waals surface area contributed by atoms with Gasteiger partial charge in [0.1, 0.15) is 0 Å². The van der Waals surface area contributed by atoms with Crippen LogP contribution in [0.15, 0.2) is 110 Å². The average Bonchev–Trinajstić information content (AvgIpc) is 2.89. The molecule has 6 heteroatoms. The van der Waals surface area contributed by atoms with Gasteiger partial charge in [0.15, 0.2) is 0 Å². The van der Waals surface area contributed by atoms with Crippen molar-refractivity contribution < 1.29 is 0 Å². The number of rotatable bonds is 2. The van der Waals surface area contributed by atoms with Gasteiger partial charge in [0, 0.05) is 35.9 Å². The molecule has 0 spiro atoms. The van der Waals surface area contributed by atoms with Crippen molar-refractivity contribution in [2.24, 2.45) is 0 Å². The predicted molar refractivity (Wildman–Crippen MR) is 139 cm³/mol. The Hall–Kier alpha value is -4.84. The van der Waals surface area contributed by atoms with Crippen LogP contribution >= 0.6 is 0 Å². The summed E-state index contributed by atoms with van der Waals surface area (Å²) in [6.45, 7) is 0. The van der Waals surface area contributed by atoms with Gasteiger partial charge in [0.25, 0.3) is 0 Å². The van der Waals surface area contributed by atoms with Gasteiger partial charge >= 0.3 is 0 Å². The molecule has 4 aromatic carbocycles. The summed E-state index contributed by atoms with van der Waals surface area (Å²) in [5.74, 6) is 0.600. The van der Waals surface area contributed by atoms with Crippen LogP contribution in [0.4, 0.5) is 11.9 Å². The van der Waals surface area contributed by atoms with Crippen molar-refractivity contribution in [3.05, 3.63) is 110 Å². The molecule has 0 bridgehead atoms. The normalized spacial score (nSPS) is 10.6. The first kappa shape index (κ1) is 21.0. The van der Waals surface area contributed by atoms with E-state index in [1.165, 1.54) is 21.5 Å². The van der Waals surface area contributed by atoms with E-state index >= 15 is 0 Å². The van der Waals surface area contributed by atoms with Crippen LogP contribution in [-0.4, -0.2) is 19.9 Å². The quantitative estimate of drug-likeness (QED) is 0.353. The van der Waals surface area contributed by atoms with Gasteiger partial charge in [-0.15, -0.1) is 0 Å². The van der Waals surface area contributed by atoms with Crippen LogP contribution in [-0.2, 0) is 0 Å². The number of fused-ring (bicyclic) bond motifs is 2. The Labute approximate surface area is 197 Å².